The highest BCUT2D eigenvalue weighted by molar-refractivity contribution is 9.10. The molecular weight excluding hydrogens is 276 g/mol. The maximum absolute atomic E-state index is 12.1. The van der Waals surface area contributed by atoms with E-state index in [2.05, 4.69) is 28.2 Å². The third kappa shape index (κ3) is 2.41. The Morgan fingerprint density at radius 2 is 2.53 bits per heavy atom. The fourth-order valence-corrected chi connectivity index (χ4v) is 3.09. The molecule has 1 N–H and O–H groups in total. The zero-order valence-corrected chi connectivity index (χ0v) is 10.9. The van der Waals surface area contributed by atoms with Gasteiger partial charge in [0.1, 0.15) is 0 Å². The minimum atomic E-state index is 0.153. The molecule has 1 aliphatic rings. The van der Waals surface area contributed by atoms with Gasteiger partial charge in [-0.15, -0.1) is 11.3 Å². The topological polar surface area (TPSA) is 32.3 Å². The Hall–Kier alpha value is -0.390. The SMILES string of the molecule is C[C@H]1CNCCN1C(=O)c1cc(Br)cs1. The minimum absolute atomic E-state index is 0.153. The number of hydrogen-bond donors (Lipinski definition) is 1. The summed E-state index contributed by atoms with van der Waals surface area (Å²) in [6.45, 7) is 4.66. The van der Waals surface area contributed by atoms with Gasteiger partial charge in [0, 0.05) is 35.5 Å². The lowest BCUT2D eigenvalue weighted by Gasteiger charge is -2.33. The number of carbonyl (C=O) groups excluding carboxylic acids is 1. The van der Waals surface area contributed by atoms with Crippen LogP contribution >= 0.6 is 27.3 Å². The molecule has 0 radical (unpaired) electrons. The second-order valence-electron chi connectivity index (χ2n) is 3.68. The van der Waals surface area contributed by atoms with E-state index in [0.717, 1.165) is 29.0 Å². The van der Waals surface area contributed by atoms with E-state index in [4.69, 9.17) is 0 Å². The van der Waals surface area contributed by atoms with Gasteiger partial charge >= 0.3 is 0 Å². The molecule has 15 heavy (non-hydrogen) atoms. The lowest BCUT2D eigenvalue weighted by atomic mass is 10.2. The fourth-order valence-electron chi connectivity index (χ4n) is 1.71. The highest BCUT2D eigenvalue weighted by Gasteiger charge is 2.24. The summed E-state index contributed by atoms with van der Waals surface area (Å²) in [4.78, 5) is 14.9. The molecule has 82 valence electrons. The fraction of sp³-hybridized carbons (Fsp3) is 0.500. The standard InChI is InChI=1S/C10H13BrN2OS/c1-7-5-12-2-3-13(7)10(14)9-4-8(11)6-15-9/h4,6-7,12H,2-3,5H2,1H3/t7-/m0/s1. The maximum atomic E-state index is 12.1. The number of piperazine rings is 1. The number of nitrogens with one attached hydrogen (secondary N) is 1. The highest BCUT2D eigenvalue weighted by Crippen LogP contribution is 2.22. The van der Waals surface area contributed by atoms with Crippen LogP contribution in [-0.2, 0) is 0 Å². The molecule has 0 spiro atoms. The van der Waals surface area contributed by atoms with Crippen molar-refractivity contribution in [2.75, 3.05) is 19.6 Å². The third-order valence-electron chi connectivity index (χ3n) is 2.54. The maximum Gasteiger partial charge on any atom is 0.264 e. The number of amides is 1. The second kappa shape index (κ2) is 4.63. The number of thiophene rings is 1. The van der Waals surface area contributed by atoms with E-state index in [1.807, 2.05) is 16.3 Å². The Kier molecular flexibility index (Phi) is 3.43. The van der Waals surface area contributed by atoms with Crippen LogP contribution in [-0.4, -0.2) is 36.5 Å². The first-order valence-electron chi connectivity index (χ1n) is 4.94. The van der Waals surface area contributed by atoms with Crippen molar-refractivity contribution in [2.45, 2.75) is 13.0 Å². The Morgan fingerprint density at radius 3 is 3.13 bits per heavy atom. The molecule has 1 amide bonds. The van der Waals surface area contributed by atoms with E-state index in [9.17, 15) is 4.79 Å². The molecule has 1 aromatic rings. The molecule has 2 heterocycles. The molecule has 1 aromatic heterocycles. The van der Waals surface area contributed by atoms with Crippen LogP contribution in [0.25, 0.3) is 0 Å². The lowest BCUT2D eigenvalue weighted by Crippen LogP contribution is -2.52. The van der Waals surface area contributed by atoms with Crippen LogP contribution < -0.4 is 5.32 Å². The zero-order valence-electron chi connectivity index (χ0n) is 8.50. The van der Waals surface area contributed by atoms with Gasteiger partial charge in [0.15, 0.2) is 0 Å². The van der Waals surface area contributed by atoms with Gasteiger partial charge in [0.25, 0.3) is 5.91 Å². The van der Waals surface area contributed by atoms with Crippen molar-refractivity contribution >= 4 is 33.2 Å². The van der Waals surface area contributed by atoms with Gasteiger partial charge in [-0.25, -0.2) is 0 Å². The lowest BCUT2D eigenvalue weighted by molar-refractivity contribution is 0.0661. The van der Waals surface area contributed by atoms with Crippen molar-refractivity contribution in [3.05, 3.63) is 20.8 Å². The van der Waals surface area contributed by atoms with Gasteiger partial charge in [-0.3, -0.25) is 4.79 Å². The van der Waals surface area contributed by atoms with E-state index in [0.29, 0.717) is 0 Å². The van der Waals surface area contributed by atoms with Crippen molar-refractivity contribution in [1.82, 2.24) is 10.2 Å². The zero-order chi connectivity index (χ0) is 10.8. The molecule has 2 rings (SSSR count). The van der Waals surface area contributed by atoms with Crippen LogP contribution in [0.2, 0.25) is 0 Å². The quantitative estimate of drug-likeness (QED) is 0.857. The van der Waals surface area contributed by atoms with Crippen molar-refractivity contribution in [3.63, 3.8) is 0 Å². The van der Waals surface area contributed by atoms with Gasteiger partial charge in [-0.1, -0.05) is 0 Å². The van der Waals surface area contributed by atoms with Gasteiger partial charge in [-0.05, 0) is 28.9 Å². The van der Waals surface area contributed by atoms with E-state index in [-0.39, 0.29) is 11.9 Å². The Labute approximate surface area is 102 Å². The molecule has 0 aliphatic carbocycles. The van der Waals surface area contributed by atoms with E-state index in [1.165, 1.54) is 11.3 Å². The molecule has 3 nitrogen and oxygen atoms in total. The van der Waals surface area contributed by atoms with Crippen LogP contribution in [0.1, 0.15) is 16.6 Å². The Morgan fingerprint density at radius 1 is 1.73 bits per heavy atom. The van der Waals surface area contributed by atoms with Gasteiger partial charge in [0.2, 0.25) is 0 Å². The summed E-state index contributed by atoms with van der Waals surface area (Å²) in [6.07, 6.45) is 0. The average molecular weight is 289 g/mol. The smallest absolute Gasteiger partial charge is 0.264 e. The van der Waals surface area contributed by atoms with Crippen LogP contribution in [0.15, 0.2) is 15.9 Å². The number of nitrogens with zero attached hydrogens (tertiary/aromatic N) is 1. The Bertz CT molecular complexity index is 366. The van der Waals surface area contributed by atoms with Crippen LogP contribution in [0, 0.1) is 0 Å². The van der Waals surface area contributed by atoms with Crippen LogP contribution in [0.5, 0.6) is 0 Å². The molecule has 1 atom stereocenters. The summed E-state index contributed by atoms with van der Waals surface area (Å²) in [5.41, 5.74) is 0. The van der Waals surface area contributed by atoms with Crippen molar-refractivity contribution in [2.24, 2.45) is 0 Å². The Balaban J connectivity index is 2.13. The van der Waals surface area contributed by atoms with Crippen LogP contribution in [0.4, 0.5) is 0 Å². The summed E-state index contributed by atoms with van der Waals surface area (Å²) >= 11 is 4.86. The van der Waals surface area contributed by atoms with E-state index in [1.54, 1.807) is 0 Å². The molecule has 1 fully saturated rings. The average Bonchev–Trinajstić information content (AvgIpc) is 2.65. The monoisotopic (exact) mass is 288 g/mol. The molecule has 1 aliphatic heterocycles. The first-order chi connectivity index (χ1) is 7.18. The molecule has 0 unspecified atom stereocenters. The normalized spacial score (nSPS) is 21.7. The first-order valence-corrected chi connectivity index (χ1v) is 6.61. The largest absolute Gasteiger partial charge is 0.333 e. The summed E-state index contributed by atoms with van der Waals surface area (Å²) < 4.78 is 0.985. The van der Waals surface area contributed by atoms with Crippen molar-refractivity contribution in [1.29, 1.82) is 0 Å². The number of halogens is 1. The summed E-state index contributed by atoms with van der Waals surface area (Å²) in [5, 5.41) is 5.22. The first kappa shape index (κ1) is 11.1. The number of hydrogen-bond acceptors (Lipinski definition) is 3. The van der Waals surface area contributed by atoms with E-state index < -0.39 is 0 Å². The van der Waals surface area contributed by atoms with Crippen LogP contribution in [0.3, 0.4) is 0 Å². The molecule has 0 bridgehead atoms. The highest BCUT2D eigenvalue weighted by atomic mass is 79.9. The predicted molar refractivity (Wildman–Crippen MR) is 65.4 cm³/mol. The molecule has 0 aromatic carbocycles. The molecule has 5 heteroatoms. The summed E-state index contributed by atoms with van der Waals surface area (Å²) in [7, 11) is 0. The van der Waals surface area contributed by atoms with Crippen molar-refractivity contribution in [3.8, 4) is 0 Å². The van der Waals surface area contributed by atoms with Gasteiger partial charge < -0.3 is 10.2 Å². The van der Waals surface area contributed by atoms with E-state index >= 15 is 0 Å². The minimum Gasteiger partial charge on any atom is -0.333 e. The number of rotatable bonds is 1. The summed E-state index contributed by atoms with van der Waals surface area (Å²) in [5.74, 6) is 0.153. The molecule has 0 saturated carbocycles. The predicted octanol–water partition coefficient (Wildman–Crippen LogP) is 1.94. The van der Waals surface area contributed by atoms with Gasteiger partial charge in [-0.2, -0.15) is 0 Å². The molecule has 1 saturated heterocycles. The summed E-state index contributed by atoms with van der Waals surface area (Å²) in [6, 6.07) is 2.18. The number of carbonyl (C=O) groups is 1. The second-order valence-corrected chi connectivity index (χ2v) is 5.51. The van der Waals surface area contributed by atoms with Crippen molar-refractivity contribution < 1.29 is 4.79 Å². The molecular formula is C10H13BrN2OS. The third-order valence-corrected chi connectivity index (χ3v) is 4.22. The van der Waals surface area contributed by atoms with Gasteiger partial charge in [0.05, 0.1) is 4.88 Å².